The molecular formula is C19H21NO4. The summed E-state index contributed by atoms with van der Waals surface area (Å²) in [6.07, 6.45) is 0. The molecule has 0 heterocycles. The van der Waals surface area contributed by atoms with Crippen LogP contribution >= 0.6 is 0 Å². The maximum Gasteiger partial charge on any atom is 0.338 e. The van der Waals surface area contributed by atoms with E-state index >= 15 is 0 Å². The molecule has 5 heteroatoms. The lowest BCUT2D eigenvalue weighted by Gasteiger charge is -2.12. The van der Waals surface area contributed by atoms with E-state index < -0.39 is 0 Å². The topological polar surface area (TPSA) is 64.6 Å². The summed E-state index contributed by atoms with van der Waals surface area (Å²) in [4.78, 5) is 23.6. The molecule has 0 aliphatic rings. The molecule has 0 saturated carbocycles. The first-order valence-electron chi connectivity index (χ1n) is 7.77. The number of amides is 1. The number of rotatable bonds is 6. The van der Waals surface area contributed by atoms with E-state index in [1.165, 1.54) is 0 Å². The smallest absolute Gasteiger partial charge is 0.338 e. The third-order valence-electron chi connectivity index (χ3n) is 3.44. The van der Waals surface area contributed by atoms with Crippen molar-refractivity contribution in [3.05, 3.63) is 59.2 Å². The Morgan fingerprint density at radius 3 is 2.21 bits per heavy atom. The van der Waals surface area contributed by atoms with Crippen LogP contribution in [-0.2, 0) is 9.53 Å². The first-order valence-corrected chi connectivity index (χ1v) is 7.77. The Labute approximate surface area is 141 Å². The van der Waals surface area contributed by atoms with Gasteiger partial charge in [-0.25, -0.2) is 4.79 Å². The van der Waals surface area contributed by atoms with E-state index in [0.717, 1.165) is 16.9 Å². The number of hydrogen-bond donors (Lipinski definition) is 1. The Morgan fingerprint density at radius 2 is 1.62 bits per heavy atom. The highest BCUT2D eigenvalue weighted by atomic mass is 16.5. The zero-order chi connectivity index (χ0) is 17.5. The second kappa shape index (κ2) is 8.15. The van der Waals surface area contributed by atoms with Gasteiger partial charge in [-0.1, -0.05) is 18.2 Å². The highest BCUT2D eigenvalue weighted by molar-refractivity contribution is 5.93. The zero-order valence-electron chi connectivity index (χ0n) is 14.1. The third-order valence-corrected chi connectivity index (χ3v) is 3.44. The van der Waals surface area contributed by atoms with Crippen LogP contribution in [0, 0.1) is 13.8 Å². The minimum absolute atomic E-state index is 0.0781. The van der Waals surface area contributed by atoms with Crippen LogP contribution in [0.1, 0.15) is 28.4 Å². The molecule has 0 spiro atoms. The van der Waals surface area contributed by atoms with Crippen LogP contribution in [0.3, 0.4) is 0 Å². The van der Waals surface area contributed by atoms with Crippen molar-refractivity contribution in [1.29, 1.82) is 0 Å². The van der Waals surface area contributed by atoms with Gasteiger partial charge in [-0.3, -0.25) is 4.79 Å². The van der Waals surface area contributed by atoms with E-state index in [1.807, 2.05) is 32.0 Å². The molecule has 24 heavy (non-hydrogen) atoms. The molecule has 0 aliphatic heterocycles. The first kappa shape index (κ1) is 17.5. The summed E-state index contributed by atoms with van der Waals surface area (Å²) in [6.45, 7) is 5.88. The standard InChI is InChI=1S/C19H21NO4/c1-4-23-19(22)15-8-10-16(11-9-15)20-17(21)12-24-18-13(2)6-5-7-14(18)3/h5-11H,4,12H2,1-3H3,(H,20,21). The van der Waals surface area contributed by atoms with Gasteiger partial charge in [0.05, 0.1) is 12.2 Å². The van der Waals surface area contributed by atoms with E-state index in [0.29, 0.717) is 17.9 Å². The fourth-order valence-corrected chi connectivity index (χ4v) is 2.27. The molecule has 5 nitrogen and oxygen atoms in total. The molecule has 0 fully saturated rings. The van der Waals surface area contributed by atoms with Gasteiger partial charge in [0.15, 0.2) is 6.61 Å². The van der Waals surface area contributed by atoms with Crippen molar-refractivity contribution in [3.63, 3.8) is 0 Å². The van der Waals surface area contributed by atoms with Gasteiger partial charge in [0.1, 0.15) is 5.75 Å². The fraction of sp³-hybridized carbons (Fsp3) is 0.263. The number of carbonyl (C=O) groups excluding carboxylic acids is 2. The maximum atomic E-state index is 12.0. The Bertz CT molecular complexity index is 702. The largest absolute Gasteiger partial charge is 0.483 e. The van der Waals surface area contributed by atoms with E-state index in [-0.39, 0.29) is 18.5 Å². The molecule has 0 atom stereocenters. The minimum Gasteiger partial charge on any atom is -0.483 e. The number of hydrogen-bond acceptors (Lipinski definition) is 4. The van der Waals surface area contributed by atoms with E-state index in [9.17, 15) is 9.59 Å². The normalized spacial score (nSPS) is 10.1. The van der Waals surface area contributed by atoms with E-state index in [4.69, 9.17) is 9.47 Å². The molecule has 126 valence electrons. The summed E-state index contributed by atoms with van der Waals surface area (Å²) in [5.74, 6) is 0.0839. The van der Waals surface area contributed by atoms with Crippen molar-refractivity contribution in [3.8, 4) is 5.75 Å². The molecule has 0 unspecified atom stereocenters. The van der Waals surface area contributed by atoms with Gasteiger partial charge < -0.3 is 14.8 Å². The molecular weight excluding hydrogens is 306 g/mol. The summed E-state index contributed by atoms with van der Waals surface area (Å²) < 4.78 is 10.5. The maximum absolute atomic E-state index is 12.0. The molecule has 2 rings (SSSR count). The van der Waals surface area contributed by atoms with E-state index in [2.05, 4.69) is 5.32 Å². The monoisotopic (exact) mass is 327 g/mol. The van der Waals surface area contributed by atoms with Crippen molar-refractivity contribution in [2.24, 2.45) is 0 Å². The van der Waals surface area contributed by atoms with Crippen molar-refractivity contribution < 1.29 is 19.1 Å². The Hall–Kier alpha value is -2.82. The van der Waals surface area contributed by atoms with Gasteiger partial charge >= 0.3 is 5.97 Å². The van der Waals surface area contributed by atoms with Gasteiger partial charge in [-0.15, -0.1) is 0 Å². The second-order valence-electron chi connectivity index (χ2n) is 5.36. The van der Waals surface area contributed by atoms with Crippen LogP contribution in [0.25, 0.3) is 0 Å². The average Bonchev–Trinajstić information content (AvgIpc) is 2.55. The molecule has 0 bridgehead atoms. The van der Waals surface area contributed by atoms with Crippen LogP contribution in [0.5, 0.6) is 5.75 Å². The number of ether oxygens (including phenoxy) is 2. The van der Waals surface area contributed by atoms with E-state index in [1.54, 1.807) is 31.2 Å². The van der Waals surface area contributed by atoms with Crippen molar-refractivity contribution >= 4 is 17.6 Å². The predicted molar refractivity (Wildman–Crippen MR) is 92.4 cm³/mol. The van der Waals surface area contributed by atoms with Crippen LogP contribution in [0.2, 0.25) is 0 Å². The van der Waals surface area contributed by atoms with Gasteiger partial charge in [0.25, 0.3) is 5.91 Å². The summed E-state index contributed by atoms with van der Waals surface area (Å²) in [5, 5.41) is 2.73. The number of carbonyl (C=O) groups is 2. The lowest BCUT2D eigenvalue weighted by Crippen LogP contribution is -2.20. The number of para-hydroxylation sites is 1. The van der Waals surface area contributed by atoms with Gasteiger partial charge in [-0.2, -0.15) is 0 Å². The fourth-order valence-electron chi connectivity index (χ4n) is 2.27. The molecule has 2 aromatic rings. The molecule has 2 aromatic carbocycles. The Balaban J connectivity index is 1.92. The van der Waals surface area contributed by atoms with Crippen molar-refractivity contribution in [2.75, 3.05) is 18.5 Å². The zero-order valence-corrected chi connectivity index (χ0v) is 14.1. The highest BCUT2D eigenvalue weighted by Gasteiger charge is 2.09. The third kappa shape index (κ3) is 4.59. The molecule has 0 aromatic heterocycles. The van der Waals surface area contributed by atoms with Crippen molar-refractivity contribution in [1.82, 2.24) is 0 Å². The SMILES string of the molecule is CCOC(=O)c1ccc(NC(=O)COc2c(C)cccc2C)cc1. The lowest BCUT2D eigenvalue weighted by molar-refractivity contribution is -0.118. The summed E-state index contributed by atoms with van der Waals surface area (Å²) in [5.41, 5.74) is 3.02. The number of anilines is 1. The quantitative estimate of drug-likeness (QED) is 0.825. The molecule has 1 amide bonds. The lowest BCUT2D eigenvalue weighted by atomic mass is 10.1. The van der Waals surface area contributed by atoms with Gasteiger partial charge in [0.2, 0.25) is 0 Å². The van der Waals surface area contributed by atoms with Crippen LogP contribution < -0.4 is 10.1 Å². The molecule has 0 radical (unpaired) electrons. The van der Waals surface area contributed by atoms with Crippen LogP contribution in [0.4, 0.5) is 5.69 Å². The van der Waals surface area contributed by atoms with Gasteiger partial charge in [0, 0.05) is 5.69 Å². The second-order valence-corrected chi connectivity index (χ2v) is 5.36. The van der Waals surface area contributed by atoms with Crippen LogP contribution in [-0.4, -0.2) is 25.1 Å². The Morgan fingerprint density at radius 1 is 1.00 bits per heavy atom. The first-order chi connectivity index (χ1) is 11.5. The summed E-state index contributed by atoms with van der Waals surface area (Å²) in [7, 11) is 0. The summed E-state index contributed by atoms with van der Waals surface area (Å²) >= 11 is 0. The minimum atomic E-state index is -0.381. The number of benzene rings is 2. The Kier molecular flexibility index (Phi) is 5.95. The number of nitrogens with one attached hydrogen (secondary N) is 1. The van der Waals surface area contributed by atoms with Gasteiger partial charge in [-0.05, 0) is 56.2 Å². The highest BCUT2D eigenvalue weighted by Crippen LogP contribution is 2.22. The van der Waals surface area contributed by atoms with Crippen LogP contribution in [0.15, 0.2) is 42.5 Å². The number of esters is 1. The summed E-state index contributed by atoms with van der Waals surface area (Å²) in [6, 6.07) is 12.4. The predicted octanol–water partition coefficient (Wildman–Crippen LogP) is 3.50. The average molecular weight is 327 g/mol. The number of aryl methyl sites for hydroxylation is 2. The van der Waals surface area contributed by atoms with Crippen molar-refractivity contribution in [2.45, 2.75) is 20.8 Å². The molecule has 0 aliphatic carbocycles. The molecule has 1 N–H and O–H groups in total. The molecule has 0 saturated heterocycles.